The van der Waals surface area contributed by atoms with Gasteiger partial charge in [-0.1, -0.05) is 22.0 Å². The fraction of sp³-hybridized carbons (Fsp3) is 0.600. The molecule has 0 radical (unpaired) electrons. The quantitative estimate of drug-likeness (QED) is 0.485. The smallest absolute Gasteiger partial charge is 0.0784 e. The average molecular weight is 164 g/mol. The summed E-state index contributed by atoms with van der Waals surface area (Å²) in [6.07, 6.45) is 3.86. The van der Waals surface area contributed by atoms with Crippen LogP contribution in [0.3, 0.4) is 0 Å². The molecule has 1 atom stereocenters. The van der Waals surface area contributed by atoms with Crippen molar-refractivity contribution in [2.75, 3.05) is 0 Å². The van der Waals surface area contributed by atoms with Gasteiger partial charge in [0.15, 0.2) is 0 Å². The van der Waals surface area contributed by atoms with Crippen LogP contribution in [-0.4, -0.2) is 4.95 Å². The number of nitrogens with one attached hydrogen (secondary N) is 1. The first-order valence-corrected chi connectivity index (χ1v) is 3.20. The fourth-order valence-corrected chi connectivity index (χ4v) is 0.381. The van der Waals surface area contributed by atoms with Crippen LogP contribution in [-0.2, 0) is 0 Å². The van der Waals surface area contributed by atoms with Gasteiger partial charge in [0.05, 0.1) is 4.95 Å². The van der Waals surface area contributed by atoms with E-state index in [0.717, 1.165) is 0 Å². The van der Waals surface area contributed by atoms with E-state index in [4.69, 9.17) is 0 Å². The molecule has 0 fully saturated rings. The first-order chi connectivity index (χ1) is 3.27. The number of alkyl halides is 1. The summed E-state index contributed by atoms with van der Waals surface area (Å²) in [7, 11) is 0. The lowest BCUT2D eigenvalue weighted by molar-refractivity contribution is 0.869. The van der Waals surface area contributed by atoms with Gasteiger partial charge < -0.3 is 5.32 Å². The molecule has 0 aliphatic carbocycles. The van der Waals surface area contributed by atoms with Crippen LogP contribution < -0.4 is 5.32 Å². The van der Waals surface area contributed by atoms with Gasteiger partial charge in [-0.15, -0.1) is 0 Å². The Morgan fingerprint density at radius 3 is 2.43 bits per heavy atom. The second-order valence-corrected chi connectivity index (χ2v) is 2.66. The minimum absolute atomic E-state index is 0.378. The number of hydrogen-bond acceptors (Lipinski definition) is 1. The number of allylic oxidation sites excluding steroid dienone is 1. The predicted molar refractivity (Wildman–Crippen MR) is 36.3 cm³/mol. The summed E-state index contributed by atoms with van der Waals surface area (Å²) in [5.41, 5.74) is 0. The van der Waals surface area contributed by atoms with Crippen molar-refractivity contribution < 1.29 is 0 Å². The second-order valence-electron chi connectivity index (χ2n) is 1.28. The molecule has 0 heterocycles. The predicted octanol–water partition coefficient (Wildman–Crippen LogP) is 1.85. The fourth-order valence-electron chi connectivity index (χ4n) is 0.229. The first-order valence-electron chi connectivity index (χ1n) is 2.28. The molecule has 0 bridgehead atoms. The zero-order valence-corrected chi connectivity index (χ0v) is 6.20. The van der Waals surface area contributed by atoms with Crippen LogP contribution in [0.4, 0.5) is 0 Å². The van der Waals surface area contributed by atoms with Crippen LogP contribution in [0.2, 0.25) is 0 Å². The van der Waals surface area contributed by atoms with Crippen LogP contribution in [0.5, 0.6) is 0 Å². The van der Waals surface area contributed by atoms with Crippen molar-refractivity contribution in [2.45, 2.75) is 18.8 Å². The van der Waals surface area contributed by atoms with E-state index in [2.05, 4.69) is 21.2 Å². The van der Waals surface area contributed by atoms with Crippen molar-refractivity contribution in [1.29, 1.82) is 0 Å². The highest BCUT2D eigenvalue weighted by molar-refractivity contribution is 9.09. The lowest BCUT2D eigenvalue weighted by Crippen LogP contribution is -2.11. The van der Waals surface area contributed by atoms with E-state index in [-0.39, 0.29) is 0 Å². The summed E-state index contributed by atoms with van der Waals surface area (Å²) in [4.78, 5) is 0.378. The van der Waals surface area contributed by atoms with Gasteiger partial charge >= 0.3 is 0 Å². The SMILES string of the molecule is C/C=C\NC(C)Br. The Labute approximate surface area is 52.9 Å². The summed E-state index contributed by atoms with van der Waals surface area (Å²) in [6.45, 7) is 4.00. The van der Waals surface area contributed by atoms with Gasteiger partial charge in [-0.25, -0.2) is 0 Å². The maximum absolute atomic E-state index is 3.31. The van der Waals surface area contributed by atoms with E-state index in [1.165, 1.54) is 0 Å². The van der Waals surface area contributed by atoms with Crippen molar-refractivity contribution in [3.8, 4) is 0 Å². The lowest BCUT2D eigenvalue weighted by atomic mass is 10.6. The van der Waals surface area contributed by atoms with Gasteiger partial charge in [0.2, 0.25) is 0 Å². The molecule has 0 amide bonds. The monoisotopic (exact) mass is 163 g/mol. The Morgan fingerprint density at radius 2 is 2.29 bits per heavy atom. The van der Waals surface area contributed by atoms with Crippen molar-refractivity contribution in [1.82, 2.24) is 5.32 Å². The van der Waals surface area contributed by atoms with E-state index in [1.807, 2.05) is 26.1 Å². The standard InChI is InChI=1S/C5H10BrN/c1-3-4-7-5(2)6/h3-5,7H,1-2H3/b4-3-. The number of hydrogen-bond donors (Lipinski definition) is 1. The molecular weight excluding hydrogens is 154 g/mol. The molecule has 42 valence electrons. The molecule has 0 rings (SSSR count). The summed E-state index contributed by atoms with van der Waals surface area (Å²) >= 11 is 3.31. The molecule has 7 heavy (non-hydrogen) atoms. The van der Waals surface area contributed by atoms with Gasteiger partial charge in [0.1, 0.15) is 0 Å². The van der Waals surface area contributed by atoms with Crippen LogP contribution >= 0.6 is 15.9 Å². The van der Waals surface area contributed by atoms with E-state index >= 15 is 0 Å². The molecule has 0 aliphatic heterocycles. The third-order valence-electron chi connectivity index (χ3n) is 0.493. The van der Waals surface area contributed by atoms with Crippen molar-refractivity contribution in [3.05, 3.63) is 12.3 Å². The van der Waals surface area contributed by atoms with E-state index in [0.29, 0.717) is 4.95 Å². The van der Waals surface area contributed by atoms with Crippen LogP contribution in [0.25, 0.3) is 0 Å². The van der Waals surface area contributed by atoms with Crippen LogP contribution in [0, 0.1) is 0 Å². The van der Waals surface area contributed by atoms with Crippen molar-refractivity contribution in [2.24, 2.45) is 0 Å². The van der Waals surface area contributed by atoms with E-state index in [1.54, 1.807) is 0 Å². The van der Waals surface area contributed by atoms with Gasteiger partial charge in [-0.05, 0) is 20.0 Å². The Bertz CT molecular complexity index is 59.1. The maximum Gasteiger partial charge on any atom is 0.0784 e. The molecule has 1 nitrogen and oxygen atoms in total. The zero-order chi connectivity index (χ0) is 5.70. The Kier molecular flexibility index (Phi) is 4.20. The highest BCUT2D eigenvalue weighted by Crippen LogP contribution is 1.89. The highest BCUT2D eigenvalue weighted by atomic mass is 79.9. The number of halogens is 1. The van der Waals surface area contributed by atoms with Crippen molar-refractivity contribution >= 4 is 15.9 Å². The minimum atomic E-state index is 0.378. The molecule has 0 spiro atoms. The highest BCUT2D eigenvalue weighted by Gasteiger charge is 1.82. The molecule has 0 aromatic heterocycles. The molecule has 0 aliphatic rings. The topological polar surface area (TPSA) is 12.0 Å². The third-order valence-corrected chi connectivity index (χ3v) is 0.757. The molecule has 1 unspecified atom stereocenters. The zero-order valence-electron chi connectivity index (χ0n) is 4.61. The maximum atomic E-state index is 3.31. The average Bonchev–Trinajstić information content (AvgIpc) is 1.61. The molecular formula is C5H10BrN. The summed E-state index contributed by atoms with van der Waals surface area (Å²) < 4.78 is 0. The molecule has 0 saturated heterocycles. The van der Waals surface area contributed by atoms with Crippen LogP contribution in [0.1, 0.15) is 13.8 Å². The van der Waals surface area contributed by atoms with E-state index in [9.17, 15) is 0 Å². The van der Waals surface area contributed by atoms with Gasteiger partial charge in [-0.2, -0.15) is 0 Å². The van der Waals surface area contributed by atoms with Crippen molar-refractivity contribution in [3.63, 3.8) is 0 Å². The lowest BCUT2D eigenvalue weighted by Gasteiger charge is -1.98. The minimum Gasteiger partial charge on any atom is -0.379 e. The first kappa shape index (κ1) is 7.02. The normalized spacial score (nSPS) is 14.7. The summed E-state index contributed by atoms with van der Waals surface area (Å²) in [6, 6.07) is 0. The Balaban J connectivity index is 2.97. The molecule has 2 heteroatoms. The molecule has 0 aromatic rings. The number of rotatable bonds is 2. The summed E-state index contributed by atoms with van der Waals surface area (Å²) in [5.74, 6) is 0. The third kappa shape index (κ3) is 6.02. The Morgan fingerprint density at radius 1 is 1.71 bits per heavy atom. The van der Waals surface area contributed by atoms with Gasteiger partial charge in [-0.3, -0.25) is 0 Å². The molecule has 0 saturated carbocycles. The van der Waals surface area contributed by atoms with Gasteiger partial charge in [0.25, 0.3) is 0 Å². The largest absolute Gasteiger partial charge is 0.379 e. The summed E-state index contributed by atoms with van der Waals surface area (Å²) in [5, 5.41) is 3.03. The second kappa shape index (κ2) is 4.19. The Hall–Kier alpha value is 0.0200. The van der Waals surface area contributed by atoms with Gasteiger partial charge in [0, 0.05) is 0 Å². The molecule has 0 aromatic carbocycles. The molecule has 1 N–H and O–H groups in total. The van der Waals surface area contributed by atoms with E-state index < -0.39 is 0 Å². The van der Waals surface area contributed by atoms with Crippen LogP contribution in [0.15, 0.2) is 12.3 Å².